The Morgan fingerprint density at radius 2 is 2.08 bits per heavy atom. The molecule has 3 unspecified atom stereocenters. The van der Waals surface area contributed by atoms with Gasteiger partial charge in [0.25, 0.3) is 0 Å². The van der Waals surface area contributed by atoms with Crippen LogP contribution in [-0.2, 0) is 0 Å². The molecule has 127 valence electrons. The van der Waals surface area contributed by atoms with E-state index in [4.69, 9.17) is 4.98 Å². The summed E-state index contributed by atoms with van der Waals surface area (Å²) in [5.41, 5.74) is 3.47. The molecule has 2 saturated heterocycles. The van der Waals surface area contributed by atoms with Crippen LogP contribution in [0.1, 0.15) is 19.3 Å². The van der Waals surface area contributed by atoms with Gasteiger partial charge in [-0.3, -0.25) is 0 Å². The molecule has 3 atom stereocenters. The number of aromatic amines is 1. The molecule has 1 aromatic carbocycles. The maximum atomic E-state index is 4.79. The molecule has 1 radical (unpaired) electrons. The Kier molecular flexibility index (Phi) is 4.15. The fourth-order valence-electron chi connectivity index (χ4n) is 4.37. The van der Waals surface area contributed by atoms with E-state index in [1.54, 1.807) is 0 Å². The summed E-state index contributed by atoms with van der Waals surface area (Å²) in [5, 5.41) is 1.25. The molecule has 0 spiro atoms. The van der Waals surface area contributed by atoms with Gasteiger partial charge in [-0.25, -0.2) is 0 Å². The predicted octanol–water partition coefficient (Wildman–Crippen LogP) is 3.46. The number of fused-ring (bicyclic) bond motifs is 3. The molecule has 2 fully saturated rings. The maximum absolute atomic E-state index is 4.79. The molecule has 4 heteroatoms. The fraction of sp³-hybridized carbons (Fsp3) is 0.381. The zero-order chi connectivity index (χ0) is 16.6. The average Bonchev–Trinajstić information content (AvgIpc) is 3.13. The second-order valence-electron chi connectivity index (χ2n) is 7.37. The van der Waals surface area contributed by atoms with Gasteiger partial charge >= 0.3 is 155 Å². The van der Waals surface area contributed by atoms with E-state index in [0.29, 0.717) is 0 Å². The molecule has 25 heavy (non-hydrogen) atoms. The number of piperidine rings is 2. The van der Waals surface area contributed by atoms with Crippen LogP contribution in [0.25, 0.3) is 22.2 Å². The normalized spacial score (nSPS) is 26.5. The van der Waals surface area contributed by atoms with Crippen LogP contribution in [-0.4, -0.2) is 50.3 Å². The van der Waals surface area contributed by atoms with Crippen molar-refractivity contribution in [1.29, 1.82) is 0 Å². The van der Waals surface area contributed by atoms with Gasteiger partial charge in [-0.05, 0) is 0 Å². The monoisotopic (exact) mass is 392 g/mol. The first-order valence-corrected chi connectivity index (χ1v) is 11.3. The minimum absolute atomic E-state index is 0.241. The van der Waals surface area contributed by atoms with Crippen molar-refractivity contribution in [1.82, 2.24) is 14.9 Å². The van der Waals surface area contributed by atoms with Gasteiger partial charge in [0.1, 0.15) is 0 Å². The first kappa shape index (κ1) is 15.7. The minimum atomic E-state index is 0.241. The van der Waals surface area contributed by atoms with Gasteiger partial charge in [-0.2, -0.15) is 0 Å². The Morgan fingerprint density at radius 3 is 3.00 bits per heavy atom. The van der Waals surface area contributed by atoms with Crippen LogP contribution in [0.2, 0.25) is 4.71 Å². The van der Waals surface area contributed by atoms with Crippen molar-refractivity contribution in [3.63, 3.8) is 0 Å². The molecule has 4 heterocycles. The SMILES string of the molecule is c1cc2cc(-c3ccc([As]C4CCN5CCCC4C5)cn3)ccc2[nH]1. The van der Waals surface area contributed by atoms with E-state index >= 15 is 0 Å². The molecule has 2 aromatic heterocycles. The average molecular weight is 392 g/mol. The Morgan fingerprint density at radius 1 is 1.08 bits per heavy atom. The van der Waals surface area contributed by atoms with Crippen molar-refractivity contribution in [2.75, 3.05) is 19.6 Å². The number of aromatic nitrogens is 2. The summed E-state index contributed by atoms with van der Waals surface area (Å²) in [6.07, 6.45) is 8.38. The van der Waals surface area contributed by atoms with Gasteiger partial charge in [-0.15, -0.1) is 0 Å². The number of pyridine rings is 1. The van der Waals surface area contributed by atoms with Crippen molar-refractivity contribution < 1.29 is 0 Å². The summed E-state index contributed by atoms with van der Waals surface area (Å²) in [5.74, 6) is 0.943. The van der Waals surface area contributed by atoms with E-state index in [1.165, 1.54) is 59.7 Å². The molecule has 3 nitrogen and oxygen atoms in total. The molecule has 0 saturated carbocycles. The molecular formula is C21H23AsN3. The van der Waals surface area contributed by atoms with Crippen molar-refractivity contribution in [2.24, 2.45) is 5.92 Å². The number of nitrogens with zero attached hydrogens (tertiary/aromatic N) is 2. The Labute approximate surface area is 155 Å². The van der Waals surface area contributed by atoms with E-state index in [-0.39, 0.29) is 15.8 Å². The first-order chi connectivity index (χ1) is 12.3. The summed E-state index contributed by atoms with van der Waals surface area (Å²) in [4.78, 5) is 10.7. The van der Waals surface area contributed by atoms with Crippen LogP contribution < -0.4 is 4.35 Å². The molecule has 3 aromatic rings. The topological polar surface area (TPSA) is 31.9 Å². The summed E-state index contributed by atoms with van der Waals surface area (Å²) < 4.78 is 2.43. The molecule has 5 rings (SSSR count). The zero-order valence-corrected chi connectivity index (χ0v) is 16.2. The van der Waals surface area contributed by atoms with Crippen LogP contribution in [0.15, 0.2) is 48.8 Å². The third-order valence-corrected chi connectivity index (χ3v) is 9.04. The number of H-pyrrole nitrogens is 1. The standard InChI is InChI=1S/C21H23AsN3/c1-2-17-14-25(10-1)11-8-19(17)22-18-4-6-21(24-13-18)15-3-5-20-16(12-15)7-9-23-20/h3-7,9,12-13,17,19,23H,1-2,8,10-11,14H2. The van der Waals surface area contributed by atoms with E-state index in [0.717, 1.165) is 16.3 Å². The molecule has 2 aliphatic rings. The number of nitrogens with one attached hydrogen (secondary N) is 1. The Balaban J connectivity index is 1.32. The number of rotatable bonds is 3. The Bertz CT molecular complexity index is 870. The summed E-state index contributed by atoms with van der Waals surface area (Å²) in [6.45, 7) is 4.00. The van der Waals surface area contributed by atoms with Gasteiger partial charge in [0.15, 0.2) is 0 Å². The van der Waals surface area contributed by atoms with Gasteiger partial charge in [0.05, 0.1) is 0 Å². The van der Waals surface area contributed by atoms with Crippen molar-refractivity contribution in [3.05, 3.63) is 48.8 Å². The third kappa shape index (κ3) is 3.16. The van der Waals surface area contributed by atoms with E-state index < -0.39 is 0 Å². The molecule has 1 N–H and O–H groups in total. The second kappa shape index (κ2) is 6.62. The van der Waals surface area contributed by atoms with Crippen molar-refractivity contribution in [3.8, 4) is 11.3 Å². The van der Waals surface area contributed by atoms with E-state index in [1.807, 2.05) is 6.20 Å². The summed E-state index contributed by atoms with van der Waals surface area (Å²) in [6, 6.07) is 13.2. The number of hydrogen-bond donors (Lipinski definition) is 1. The number of benzene rings is 1. The van der Waals surface area contributed by atoms with E-state index in [9.17, 15) is 0 Å². The van der Waals surface area contributed by atoms with Crippen LogP contribution in [0.5, 0.6) is 0 Å². The molecule has 0 aliphatic carbocycles. The fourth-order valence-corrected chi connectivity index (χ4v) is 7.23. The second-order valence-corrected chi connectivity index (χ2v) is 10.4. The summed E-state index contributed by atoms with van der Waals surface area (Å²) >= 11 is 0.241. The third-order valence-electron chi connectivity index (χ3n) is 5.74. The number of hydrogen-bond acceptors (Lipinski definition) is 2. The van der Waals surface area contributed by atoms with Gasteiger partial charge < -0.3 is 0 Å². The van der Waals surface area contributed by atoms with Crippen LogP contribution >= 0.6 is 0 Å². The van der Waals surface area contributed by atoms with Gasteiger partial charge in [0, 0.05) is 0 Å². The van der Waals surface area contributed by atoms with Gasteiger partial charge in [0.2, 0.25) is 0 Å². The summed E-state index contributed by atoms with van der Waals surface area (Å²) in [7, 11) is 0. The Hall–Kier alpha value is -1.57. The molecular weight excluding hydrogens is 369 g/mol. The van der Waals surface area contributed by atoms with Crippen molar-refractivity contribution in [2.45, 2.75) is 24.0 Å². The van der Waals surface area contributed by atoms with Crippen LogP contribution in [0.3, 0.4) is 0 Å². The van der Waals surface area contributed by atoms with E-state index in [2.05, 4.69) is 52.5 Å². The molecule has 2 aliphatic heterocycles. The quantitative estimate of drug-likeness (QED) is 0.693. The van der Waals surface area contributed by atoms with Gasteiger partial charge in [-0.1, -0.05) is 0 Å². The first-order valence-electron chi connectivity index (χ1n) is 9.32. The van der Waals surface area contributed by atoms with Crippen LogP contribution in [0, 0.1) is 5.92 Å². The zero-order valence-electron chi connectivity index (χ0n) is 14.4. The molecule has 2 bridgehead atoms. The predicted molar refractivity (Wildman–Crippen MR) is 104 cm³/mol. The van der Waals surface area contributed by atoms with Crippen LogP contribution in [0.4, 0.5) is 0 Å². The van der Waals surface area contributed by atoms with Crippen molar-refractivity contribution >= 4 is 31.0 Å². The molecule has 0 amide bonds.